The summed E-state index contributed by atoms with van der Waals surface area (Å²) in [6.45, 7) is 3.63. The summed E-state index contributed by atoms with van der Waals surface area (Å²) < 4.78 is 52.3. The maximum Gasteiger partial charge on any atom is 0.419 e. The topological polar surface area (TPSA) is 68.0 Å². The van der Waals surface area contributed by atoms with Crippen LogP contribution >= 0.6 is 0 Å². The summed E-state index contributed by atoms with van der Waals surface area (Å²) >= 11 is 0. The van der Waals surface area contributed by atoms with E-state index >= 15 is 0 Å². The van der Waals surface area contributed by atoms with Gasteiger partial charge in [0.1, 0.15) is 5.82 Å². The van der Waals surface area contributed by atoms with E-state index in [2.05, 4.69) is 10.3 Å². The summed E-state index contributed by atoms with van der Waals surface area (Å²) in [4.78, 5) is 15.3. The number of carbonyl (C=O) groups excluding carboxylic acids is 1. The second kappa shape index (κ2) is 6.46. The quantitative estimate of drug-likeness (QED) is 0.819. The predicted molar refractivity (Wildman–Crippen MR) is 81.5 cm³/mol. The Hall–Kier alpha value is -2.64. The minimum Gasteiger partial charge on any atom is -0.366 e. The Morgan fingerprint density at radius 3 is 2.50 bits per heavy atom. The van der Waals surface area contributed by atoms with Crippen molar-refractivity contribution in [1.29, 1.82) is 0 Å². The number of primary amides is 1. The highest BCUT2D eigenvalue weighted by Crippen LogP contribution is 2.34. The molecule has 128 valence electrons. The number of nitrogens with zero attached hydrogens (tertiary/aromatic N) is 1. The van der Waals surface area contributed by atoms with Crippen LogP contribution in [0.1, 0.15) is 41.3 Å². The van der Waals surface area contributed by atoms with Crippen LogP contribution in [-0.4, -0.2) is 10.9 Å². The molecule has 0 unspecified atom stereocenters. The van der Waals surface area contributed by atoms with Gasteiger partial charge in [0.05, 0.1) is 16.8 Å². The average molecular weight is 341 g/mol. The maximum atomic E-state index is 14.0. The first-order valence-electron chi connectivity index (χ1n) is 7.03. The lowest BCUT2D eigenvalue weighted by Crippen LogP contribution is -2.15. The van der Waals surface area contributed by atoms with Gasteiger partial charge in [-0.2, -0.15) is 13.2 Å². The van der Waals surface area contributed by atoms with Crippen molar-refractivity contribution >= 4 is 17.4 Å². The third-order valence-electron chi connectivity index (χ3n) is 3.39. The van der Waals surface area contributed by atoms with E-state index < -0.39 is 23.5 Å². The molecule has 1 amide bonds. The van der Waals surface area contributed by atoms with Gasteiger partial charge in [0, 0.05) is 6.20 Å². The van der Waals surface area contributed by atoms with Gasteiger partial charge in [-0.25, -0.2) is 9.37 Å². The molecule has 0 bridgehead atoms. The number of pyridine rings is 1. The van der Waals surface area contributed by atoms with Crippen LogP contribution < -0.4 is 11.1 Å². The smallest absolute Gasteiger partial charge is 0.366 e. The van der Waals surface area contributed by atoms with Crippen molar-refractivity contribution in [3.05, 3.63) is 53.0 Å². The normalized spacial score (nSPS) is 11.6. The molecule has 1 heterocycles. The third-order valence-corrected chi connectivity index (χ3v) is 3.39. The molecule has 0 aliphatic heterocycles. The van der Waals surface area contributed by atoms with Crippen LogP contribution in [0, 0.1) is 5.82 Å². The van der Waals surface area contributed by atoms with Gasteiger partial charge in [-0.3, -0.25) is 4.79 Å². The Morgan fingerprint density at radius 2 is 1.96 bits per heavy atom. The molecule has 0 saturated carbocycles. The van der Waals surface area contributed by atoms with Gasteiger partial charge in [-0.15, -0.1) is 0 Å². The highest BCUT2D eigenvalue weighted by atomic mass is 19.4. The number of aromatic nitrogens is 1. The van der Waals surface area contributed by atoms with Gasteiger partial charge in [-0.05, 0) is 29.7 Å². The summed E-state index contributed by atoms with van der Waals surface area (Å²) in [5.74, 6) is -2.05. The molecule has 4 nitrogen and oxygen atoms in total. The molecule has 24 heavy (non-hydrogen) atoms. The Bertz CT molecular complexity index is 772. The van der Waals surface area contributed by atoms with E-state index in [1.165, 1.54) is 18.3 Å². The average Bonchev–Trinajstić information content (AvgIpc) is 2.47. The Balaban J connectivity index is 2.42. The summed E-state index contributed by atoms with van der Waals surface area (Å²) in [6.07, 6.45) is -3.58. The lowest BCUT2D eigenvalue weighted by Gasteiger charge is -2.15. The molecular formula is C16H15F4N3O. The number of benzene rings is 1. The first-order valence-corrected chi connectivity index (χ1v) is 7.03. The van der Waals surface area contributed by atoms with Crippen molar-refractivity contribution in [2.75, 3.05) is 5.32 Å². The highest BCUT2D eigenvalue weighted by Gasteiger charge is 2.34. The number of nitrogens with two attached hydrogens (primary N) is 1. The Labute approximate surface area is 135 Å². The van der Waals surface area contributed by atoms with Crippen LogP contribution in [0.25, 0.3) is 0 Å². The van der Waals surface area contributed by atoms with Crippen molar-refractivity contribution < 1.29 is 22.4 Å². The zero-order valence-corrected chi connectivity index (χ0v) is 12.9. The highest BCUT2D eigenvalue weighted by molar-refractivity contribution is 5.94. The third kappa shape index (κ3) is 3.64. The van der Waals surface area contributed by atoms with Crippen molar-refractivity contribution in [3.63, 3.8) is 0 Å². The largest absolute Gasteiger partial charge is 0.419 e. The second-order valence-corrected chi connectivity index (χ2v) is 5.47. The fourth-order valence-electron chi connectivity index (χ4n) is 2.21. The van der Waals surface area contributed by atoms with Crippen molar-refractivity contribution in [2.45, 2.75) is 25.9 Å². The van der Waals surface area contributed by atoms with Crippen LogP contribution in [0.2, 0.25) is 0 Å². The van der Waals surface area contributed by atoms with E-state index in [4.69, 9.17) is 5.73 Å². The minimum absolute atomic E-state index is 0.0811. The molecule has 1 aromatic carbocycles. The van der Waals surface area contributed by atoms with Crippen molar-refractivity contribution in [2.24, 2.45) is 5.73 Å². The molecule has 2 rings (SSSR count). The van der Waals surface area contributed by atoms with Crippen LogP contribution in [0.4, 0.5) is 29.1 Å². The maximum absolute atomic E-state index is 14.0. The van der Waals surface area contributed by atoms with Gasteiger partial charge >= 0.3 is 6.18 Å². The van der Waals surface area contributed by atoms with Gasteiger partial charge in [-0.1, -0.05) is 19.9 Å². The van der Waals surface area contributed by atoms with E-state index in [9.17, 15) is 22.4 Å². The first-order chi connectivity index (χ1) is 11.1. The molecular weight excluding hydrogens is 326 g/mol. The van der Waals surface area contributed by atoms with E-state index in [0.29, 0.717) is 11.6 Å². The number of nitrogens with one attached hydrogen (secondary N) is 1. The van der Waals surface area contributed by atoms with Gasteiger partial charge in [0.25, 0.3) is 5.91 Å². The molecule has 0 atom stereocenters. The molecule has 8 heteroatoms. The first kappa shape index (κ1) is 17.7. The summed E-state index contributed by atoms with van der Waals surface area (Å²) in [5, 5.41) is 2.51. The monoisotopic (exact) mass is 341 g/mol. The zero-order chi connectivity index (χ0) is 18.1. The molecule has 3 N–H and O–H groups in total. The molecule has 0 fully saturated rings. The fourth-order valence-corrected chi connectivity index (χ4v) is 2.21. The number of hydrogen-bond acceptors (Lipinski definition) is 3. The SMILES string of the molecule is CC(C)c1cc(Nc2cccc(C(F)(F)F)c2F)ncc1C(N)=O. The lowest BCUT2D eigenvalue weighted by atomic mass is 9.98. The van der Waals surface area contributed by atoms with E-state index in [1.54, 1.807) is 0 Å². The van der Waals surface area contributed by atoms with Gasteiger partial charge in [0.15, 0.2) is 5.82 Å². The minimum atomic E-state index is -4.80. The lowest BCUT2D eigenvalue weighted by molar-refractivity contribution is -0.139. The van der Waals surface area contributed by atoms with Crippen molar-refractivity contribution in [3.8, 4) is 0 Å². The van der Waals surface area contributed by atoms with E-state index in [0.717, 1.165) is 6.07 Å². The number of rotatable bonds is 4. The predicted octanol–water partition coefficient (Wildman–Crippen LogP) is 4.21. The Morgan fingerprint density at radius 1 is 1.29 bits per heavy atom. The molecule has 0 aliphatic carbocycles. The fraction of sp³-hybridized carbons (Fsp3) is 0.250. The van der Waals surface area contributed by atoms with Crippen LogP contribution in [-0.2, 0) is 6.18 Å². The van der Waals surface area contributed by atoms with Crippen LogP contribution in [0.3, 0.4) is 0 Å². The number of anilines is 2. The summed E-state index contributed by atoms with van der Waals surface area (Å²) in [5.41, 5.74) is 4.30. The number of halogens is 4. The van der Waals surface area contributed by atoms with Crippen molar-refractivity contribution in [1.82, 2.24) is 4.98 Å². The number of hydrogen-bond donors (Lipinski definition) is 2. The second-order valence-electron chi connectivity index (χ2n) is 5.47. The molecule has 2 aromatic rings. The van der Waals surface area contributed by atoms with Crippen LogP contribution in [0.5, 0.6) is 0 Å². The molecule has 1 aromatic heterocycles. The van der Waals surface area contributed by atoms with E-state index in [-0.39, 0.29) is 23.0 Å². The standard InChI is InChI=1S/C16H15F4N3O/c1-8(2)9-6-13(22-7-10(9)15(21)24)23-12-5-3-4-11(14(12)17)16(18,19)20/h3-8H,1-2H3,(H2,21,24)(H,22,23). The van der Waals surface area contributed by atoms with E-state index in [1.807, 2.05) is 13.8 Å². The zero-order valence-electron chi connectivity index (χ0n) is 12.9. The summed E-state index contributed by atoms with van der Waals surface area (Å²) in [6, 6.07) is 4.38. The molecule has 0 radical (unpaired) electrons. The van der Waals surface area contributed by atoms with Crippen LogP contribution in [0.15, 0.2) is 30.5 Å². The molecule has 0 saturated heterocycles. The molecule has 0 aliphatic rings. The Kier molecular flexibility index (Phi) is 4.77. The number of carbonyl (C=O) groups is 1. The summed E-state index contributed by atoms with van der Waals surface area (Å²) in [7, 11) is 0. The number of amides is 1. The molecule has 0 spiro atoms. The number of alkyl halides is 3. The van der Waals surface area contributed by atoms with Gasteiger partial charge in [0.2, 0.25) is 0 Å². The van der Waals surface area contributed by atoms with Gasteiger partial charge < -0.3 is 11.1 Å².